The average molecular weight is 243 g/mol. The second-order valence-electron chi connectivity index (χ2n) is 2.35. The molecule has 0 saturated carbocycles. The highest BCUT2D eigenvalue weighted by Gasteiger charge is 2.07. The van der Waals surface area contributed by atoms with E-state index in [2.05, 4.69) is 20.7 Å². The van der Waals surface area contributed by atoms with Gasteiger partial charge in [-0.3, -0.25) is 4.79 Å². The third-order valence-corrected chi connectivity index (χ3v) is 1.97. The molecule has 0 fully saturated rings. The fraction of sp³-hybridized carbons (Fsp3) is 0.111. The van der Waals surface area contributed by atoms with Crippen LogP contribution in [0.1, 0.15) is 20.7 Å². The molecule has 1 rings (SSSR count). The number of hydrogen-bond acceptors (Lipinski definition) is 3. The fourth-order valence-electron chi connectivity index (χ4n) is 0.886. The number of halogens is 1. The topological polar surface area (TPSA) is 43.4 Å². The molecule has 0 N–H and O–H groups in total. The summed E-state index contributed by atoms with van der Waals surface area (Å²) >= 11 is 2.80. The van der Waals surface area contributed by atoms with Crippen molar-refractivity contribution in [1.82, 2.24) is 0 Å². The van der Waals surface area contributed by atoms with Gasteiger partial charge in [0.15, 0.2) is 0 Å². The van der Waals surface area contributed by atoms with E-state index >= 15 is 0 Å². The summed E-state index contributed by atoms with van der Waals surface area (Å²) in [5.74, 6) is -0.449. The van der Waals surface area contributed by atoms with Gasteiger partial charge in [-0.15, -0.1) is 0 Å². The van der Waals surface area contributed by atoms with E-state index in [-0.39, 0.29) is 4.69 Å². The van der Waals surface area contributed by atoms with Crippen molar-refractivity contribution in [2.45, 2.75) is 0 Å². The lowest BCUT2D eigenvalue weighted by atomic mass is 10.1. The van der Waals surface area contributed by atoms with Gasteiger partial charge in [-0.25, -0.2) is 4.79 Å². The molecule has 0 atom stereocenters. The molecule has 0 heterocycles. The Kier molecular flexibility index (Phi) is 3.19. The Labute approximate surface area is 83.8 Å². The first-order chi connectivity index (χ1) is 6.15. The number of hydrogen-bond donors (Lipinski definition) is 0. The summed E-state index contributed by atoms with van der Waals surface area (Å²) in [6, 6.07) is 6.30. The molecule has 0 aliphatic carbocycles. The minimum absolute atomic E-state index is 0.252. The van der Waals surface area contributed by atoms with Crippen molar-refractivity contribution in [2.75, 3.05) is 7.11 Å². The first-order valence-electron chi connectivity index (χ1n) is 3.53. The van der Waals surface area contributed by atoms with Crippen LogP contribution >= 0.6 is 15.9 Å². The molecule has 1 aromatic carbocycles. The molecule has 0 saturated heterocycles. The van der Waals surface area contributed by atoms with E-state index in [1.54, 1.807) is 18.2 Å². The summed E-state index contributed by atoms with van der Waals surface area (Å²) in [5, 5.41) is 0. The lowest BCUT2D eigenvalue weighted by molar-refractivity contribution is 0.0600. The van der Waals surface area contributed by atoms with Crippen molar-refractivity contribution in [3.05, 3.63) is 35.4 Å². The molecule has 0 amide bonds. The van der Waals surface area contributed by atoms with Crippen LogP contribution in [0.15, 0.2) is 24.3 Å². The van der Waals surface area contributed by atoms with E-state index in [1.165, 1.54) is 13.2 Å². The number of carbonyl (C=O) groups is 2. The van der Waals surface area contributed by atoms with Gasteiger partial charge in [0, 0.05) is 5.56 Å². The first-order valence-corrected chi connectivity index (χ1v) is 4.32. The zero-order valence-electron chi connectivity index (χ0n) is 6.91. The first kappa shape index (κ1) is 9.92. The minimum Gasteiger partial charge on any atom is -0.465 e. The lowest BCUT2D eigenvalue weighted by Crippen LogP contribution is -2.02. The molecule has 68 valence electrons. The zero-order valence-corrected chi connectivity index (χ0v) is 8.50. The lowest BCUT2D eigenvalue weighted by Gasteiger charge is -1.99. The van der Waals surface area contributed by atoms with Gasteiger partial charge in [0.05, 0.1) is 12.7 Å². The van der Waals surface area contributed by atoms with E-state index in [9.17, 15) is 9.59 Å². The predicted molar refractivity (Wildman–Crippen MR) is 51.0 cm³/mol. The molecular weight excluding hydrogens is 236 g/mol. The quantitative estimate of drug-likeness (QED) is 0.589. The molecule has 0 aromatic heterocycles. The van der Waals surface area contributed by atoms with Crippen LogP contribution in [0.2, 0.25) is 0 Å². The van der Waals surface area contributed by atoms with Crippen molar-refractivity contribution in [3.8, 4) is 0 Å². The van der Waals surface area contributed by atoms with Crippen molar-refractivity contribution in [3.63, 3.8) is 0 Å². The largest absolute Gasteiger partial charge is 0.465 e. The highest BCUT2D eigenvalue weighted by molar-refractivity contribution is 9.18. The predicted octanol–water partition coefficient (Wildman–Crippen LogP) is 2.01. The van der Waals surface area contributed by atoms with Crippen LogP contribution < -0.4 is 0 Å². The fourth-order valence-corrected chi connectivity index (χ4v) is 1.13. The SMILES string of the molecule is COC(=O)c1cccc(C(=O)Br)c1. The van der Waals surface area contributed by atoms with Crippen LogP contribution in [-0.2, 0) is 4.74 Å². The Morgan fingerprint density at radius 2 is 1.92 bits per heavy atom. The third-order valence-electron chi connectivity index (χ3n) is 1.51. The van der Waals surface area contributed by atoms with Gasteiger partial charge in [0.2, 0.25) is 4.69 Å². The monoisotopic (exact) mass is 242 g/mol. The van der Waals surface area contributed by atoms with Crippen LogP contribution in [-0.4, -0.2) is 17.8 Å². The molecule has 0 aliphatic rings. The van der Waals surface area contributed by atoms with E-state index < -0.39 is 5.97 Å². The van der Waals surface area contributed by atoms with Crippen LogP contribution in [0.25, 0.3) is 0 Å². The maximum absolute atomic E-state index is 11.0. The van der Waals surface area contributed by atoms with Gasteiger partial charge in [-0.1, -0.05) is 12.1 Å². The Morgan fingerprint density at radius 1 is 1.31 bits per heavy atom. The van der Waals surface area contributed by atoms with Crippen molar-refractivity contribution >= 4 is 26.6 Å². The number of benzene rings is 1. The Bertz CT molecular complexity index is 346. The molecule has 13 heavy (non-hydrogen) atoms. The standard InChI is InChI=1S/C9H7BrO3/c1-13-9(12)7-4-2-3-6(5-7)8(10)11/h2-5H,1H3. The van der Waals surface area contributed by atoms with E-state index in [0.29, 0.717) is 11.1 Å². The number of ether oxygens (including phenoxy) is 1. The Balaban J connectivity index is 3.05. The molecule has 4 heteroatoms. The van der Waals surface area contributed by atoms with Gasteiger partial charge >= 0.3 is 5.97 Å². The molecule has 0 aliphatic heterocycles. The second kappa shape index (κ2) is 4.18. The van der Waals surface area contributed by atoms with Crippen LogP contribution in [0.4, 0.5) is 0 Å². The van der Waals surface area contributed by atoms with Gasteiger partial charge < -0.3 is 4.74 Å². The smallest absolute Gasteiger partial charge is 0.337 e. The van der Waals surface area contributed by atoms with Crippen molar-refractivity contribution < 1.29 is 14.3 Å². The molecule has 3 nitrogen and oxygen atoms in total. The maximum Gasteiger partial charge on any atom is 0.337 e. The van der Waals surface area contributed by atoms with Gasteiger partial charge in [0.25, 0.3) is 0 Å². The summed E-state index contributed by atoms with van der Waals surface area (Å²) in [6.07, 6.45) is 0. The average Bonchev–Trinajstić information content (AvgIpc) is 2.17. The normalized spacial score (nSPS) is 9.38. The van der Waals surface area contributed by atoms with E-state index in [0.717, 1.165) is 0 Å². The number of carbonyl (C=O) groups excluding carboxylic acids is 2. The summed E-state index contributed by atoms with van der Waals surface area (Å²) in [6.45, 7) is 0. The number of esters is 1. The van der Waals surface area contributed by atoms with Crippen LogP contribution in [0, 0.1) is 0 Å². The van der Waals surface area contributed by atoms with Gasteiger partial charge in [0.1, 0.15) is 0 Å². The van der Waals surface area contributed by atoms with E-state index in [4.69, 9.17) is 0 Å². The third kappa shape index (κ3) is 2.39. The molecular formula is C9H7BrO3. The van der Waals surface area contributed by atoms with Crippen LogP contribution in [0.5, 0.6) is 0 Å². The zero-order chi connectivity index (χ0) is 9.84. The highest BCUT2D eigenvalue weighted by Crippen LogP contribution is 2.09. The Morgan fingerprint density at radius 3 is 2.46 bits per heavy atom. The summed E-state index contributed by atoms with van der Waals surface area (Å²) in [4.78, 5) is 21.9. The highest BCUT2D eigenvalue weighted by atomic mass is 79.9. The van der Waals surface area contributed by atoms with Crippen molar-refractivity contribution in [2.24, 2.45) is 0 Å². The molecule has 0 bridgehead atoms. The molecule has 1 aromatic rings. The second-order valence-corrected chi connectivity index (χ2v) is 3.07. The Hall–Kier alpha value is -1.16. The number of methoxy groups -OCH3 is 1. The molecule has 0 radical (unpaired) electrons. The van der Waals surface area contributed by atoms with Gasteiger partial charge in [-0.05, 0) is 28.1 Å². The molecule has 0 unspecified atom stereocenters. The maximum atomic E-state index is 11.0. The van der Waals surface area contributed by atoms with Gasteiger partial charge in [-0.2, -0.15) is 0 Å². The van der Waals surface area contributed by atoms with Crippen LogP contribution in [0.3, 0.4) is 0 Å². The van der Waals surface area contributed by atoms with E-state index in [1.807, 2.05) is 0 Å². The number of rotatable bonds is 2. The summed E-state index contributed by atoms with van der Waals surface area (Å²) in [5.41, 5.74) is 0.802. The summed E-state index contributed by atoms with van der Waals surface area (Å²) < 4.78 is 4.25. The molecule has 0 spiro atoms. The van der Waals surface area contributed by atoms with Crippen molar-refractivity contribution in [1.29, 1.82) is 0 Å². The summed E-state index contributed by atoms with van der Waals surface area (Å²) in [7, 11) is 1.30. The minimum atomic E-state index is -0.449.